The van der Waals surface area contributed by atoms with Crippen molar-refractivity contribution in [1.29, 1.82) is 0 Å². The Kier molecular flexibility index (Phi) is 3.44. The summed E-state index contributed by atoms with van der Waals surface area (Å²) in [5.41, 5.74) is 1.23. The van der Waals surface area contributed by atoms with Gasteiger partial charge in [0.1, 0.15) is 0 Å². The van der Waals surface area contributed by atoms with Crippen molar-refractivity contribution in [1.82, 2.24) is 4.98 Å². The molecule has 0 radical (unpaired) electrons. The van der Waals surface area contributed by atoms with Gasteiger partial charge in [-0.25, -0.2) is 4.98 Å². The van der Waals surface area contributed by atoms with E-state index in [0.29, 0.717) is 0 Å². The molecule has 0 aromatic carbocycles. The minimum absolute atomic E-state index is 0.809. The van der Waals surface area contributed by atoms with E-state index in [4.69, 9.17) is 0 Å². The summed E-state index contributed by atoms with van der Waals surface area (Å²) in [6.07, 6.45) is 2.35. The van der Waals surface area contributed by atoms with Crippen molar-refractivity contribution in [2.45, 2.75) is 19.8 Å². The minimum atomic E-state index is 0.809. The van der Waals surface area contributed by atoms with Gasteiger partial charge in [-0.15, -0.1) is 11.3 Å². The lowest BCUT2D eigenvalue weighted by molar-refractivity contribution is 0.676. The Labute approximate surface area is 97.5 Å². The molecule has 2 heterocycles. The van der Waals surface area contributed by atoms with Gasteiger partial charge in [-0.2, -0.15) is 0 Å². The first-order chi connectivity index (χ1) is 6.83. The van der Waals surface area contributed by atoms with Crippen LogP contribution >= 0.6 is 27.3 Å². The predicted octanol–water partition coefficient (Wildman–Crippen LogP) is 2.93. The summed E-state index contributed by atoms with van der Waals surface area (Å²) in [6, 6.07) is 0. The topological polar surface area (TPSA) is 16.1 Å². The van der Waals surface area contributed by atoms with Gasteiger partial charge < -0.3 is 4.90 Å². The third-order valence-corrected chi connectivity index (χ3v) is 4.54. The van der Waals surface area contributed by atoms with Crippen molar-refractivity contribution in [3.63, 3.8) is 0 Å². The molecule has 0 spiro atoms. The van der Waals surface area contributed by atoms with E-state index in [1.807, 2.05) is 0 Å². The standard InChI is InChI=1S/C10H15BrN2S/c1-2-9-7-14-10(12-9)13-4-3-8(5-11)6-13/h7-8H,2-6H2,1H3. The first-order valence-corrected chi connectivity index (χ1v) is 7.09. The molecule has 2 rings (SSSR count). The van der Waals surface area contributed by atoms with Crippen LogP contribution < -0.4 is 4.90 Å². The Morgan fingerprint density at radius 1 is 1.71 bits per heavy atom. The maximum Gasteiger partial charge on any atom is 0.185 e. The van der Waals surface area contributed by atoms with Gasteiger partial charge in [0.05, 0.1) is 5.69 Å². The Balaban J connectivity index is 2.02. The summed E-state index contributed by atoms with van der Waals surface area (Å²) in [5.74, 6) is 0.809. The zero-order valence-corrected chi connectivity index (χ0v) is 10.8. The maximum atomic E-state index is 4.61. The van der Waals surface area contributed by atoms with Gasteiger partial charge in [0.25, 0.3) is 0 Å². The molecule has 1 aliphatic heterocycles. The second-order valence-electron chi connectivity index (χ2n) is 3.73. The largest absolute Gasteiger partial charge is 0.348 e. The summed E-state index contributed by atoms with van der Waals surface area (Å²) >= 11 is 5.33. The summed E-state index contributed by atoms with van der Waals surface area (Å²) in [7, 11) is 0. The van der Waals surface area contributed by atoms with Gasteiger partial charge in [0, 0.05) is 23.8 Å². The molecule has 78 valence electrons. The van der Waals surface area contributed by atoms with E-state index in [-0.39, 0.29) is 0 Å². The van der Waals surface area contributed by atoms with E-state index in [9.17, 15) is 0 Å². The molecule has 14 heavy (non-hydrogen) atoms. The summed E-state index contributed by atoms with van der Waals surface area (Å²) in [4.78, 5) is 7.02. The zero-order chi connectivity index (χ0) is 9.97. The molecule has 0 saturated carbocycles. The maximum absolute atomic E-state index is 4.61. The van der Waals surface area contributed by atoms with E-state index in [0.717, 1.165) is 17.7 Å². The molecular weight excluding hydrogens is 260 g/mol. The van der Waals surface area contributed by atoms with E-state index in [2.05, 4.69) is 38.1 Å². The SMILES string of the molecule is CCc1csc(N2CCC(CBr)C2)n1. The summed E-state index contributed by atoms with van der Waals surface area (Å²) < 4.78 is 0. The molecule has 1 saturated heterocycles. The highest BCUT2D eigenvalue weighted by molar-refractivity contribution is 9.09. The second-order valence-corrected chi connectivity index (χ2v) is 5.21. The lowest BCUT2D eigenvalue weighted by Crippen LogP contribution is -2.19. The number of rotatable bonds is 3. The first kappa shape index (κ1) is 10.4. The molecule has 1 unspecified atom stereocenters. The Hall–Kier alpha value is -0.0900. The van der Waals surface area contributed by atoms with E-state index in [1.54, 1.807) is 11.3 Å². The number of anilines is 1. The molecular formula is C10H15BrN2S. The Bertz CT molecular complexity index is 300. The fraction of sp³-hybridized carbons (Fsp3) is 0.700. The Morgan fingerprint density at radius 2 is 2.57 bits per heavy atom. The molecule has 0 amide bonds. The molecule has 0 bridgehead atoms. The van der Waals surface area contributed by atoms with Crippen molar-refractivity contribution in [3.8, 4) is 0 Å². The van der Waals surface area contributed by atoms with Gasteiger partial charge in [-0.3, -0.25) is 0 Å². The van der Waals surface area contributed by atoms with E-state index < -0.39 is 0 Å². The van der Waals surface area contributed by atoms with Crippen LogP contribution in [0.25, 0.3) is 0 Å². The highest BCUT2D eigenvalue weighted by Gasteiger charge is 2.23. The van der Waals surface area contributed by atoms with Crippen LogP contribution in [0, 0.1) is 5.92 Å². The van der Waals surface area contributed by atoms with Crippen molar-refractivity contribution >= 4 is 32.4 Å². The number of nitrogens with zero attached hydrogens (tertiary/aromatic N) is 2. The smallest absolute Gasteiger partial charge is 0.185 e. The molecule has 1 aromatic rings. The van der Waals surface area contributed by atoms with E-state index in [1.165, 1.54) is 30.3 Å². The van der Waals surface area contributed by atoms with E-state index >= 15 is 0 Å². The van der Waals surface area contributed by atoms with Crippen LogP contribution in [0.4, 0.5) is 5.13 Å². The lowest BCUT2D eigenvalue weighted by atomic mass is 10.2. The molecule has 4 heteroatoms. The van der Waals surface area contributed by atoms with Crippen molar-refractivity contribution in [3.05, 3.63) is 11.1 Å². The van der Waals surface area contributed by atoms with Gasteiger partial charge >= 0.3 is 0 Å². The summed E-state index contributed by atoms with van der Waals surface area (Å²) in [6.45, 7) is 4.50. The number of alkyl halides is 1. The number of hydrogen-bond acceptors (Lipinski definition) is 3. The molecule has 1 atom stereocenters. The quantitative estimate of drug-likeness (QED) is 0.788. The lowest BCUT2D eigenvalue weighted by Gasteiger charge is -2.13. The monoisotopic (exact) mass is 274 g/mol. The molecule has 0 aliphatic carbocycles. The molecule has 0 N–H and O–H groups in total. The third kappa shape index (κ3) is 2.11. The number of thiazole rings is 1. The second kappa shape index (κ2) is 4.62. The zero-order valence-electron chi connectivity index (χ0n) is 8.37. The van der Waals surface area contributed by atoms with Gasteiger partial charge in [-0.05, 0) is 18.8 Å². The highest BCUT2D eigenvalue weighted by atomic mass is 79.9. The van der Waals surface area contributed by atoms with Crippen LogP contribution in [0.5, 0.6) is 0 Å². The van der Waals surface area contributed by atoms with Crippen molar-refractivity contribution in [2.24, 2.45) is 5.92 Å². The van der Waals surface area contributed by atoms with Crippen LogP contribution in [-0.4, -0.2) is 23.4 Å². The third-order valence-electron chi connectivity index (χ3n) is 2.68. The number of halogens is 1. The fourth-order valence-electron chi connectivity index (χ4n) is 1.74. The highest BCUT2D eigenvalue weighted by Crippen LogP contribution is 2.27. The van der Waals surface area contributed by atoms with Crippen LogP contribution in [0.3, 0.4) is 0 Å². The molecule has 2 nitrogen and oxygen atoms in total. The molecule has 1 aliphatic rings. The average molecular weight is 275 g/mol. The van der Waals surface area contributed by atoms with Crippen molar-refractivity contribution < 1.29 is 0 Å². The number of aromatic nitrogens is 1. The van der Waals surface area contributed by atoms with Crippen LogP contribution in [-0.2, 0) is 6.42 Å². The van der Waals surface area contributed by atoms with Crippen LogP contribution in [0.1, 0.15) is 19.0 Å². The summed E-state index contributed by atoms with van der Waals surface area (Å²) in [5, 5.41) is 4.51. The van der Waals surface area contributed by atoms with Gasteiger partial charge in [0.15, 0.2) is 5.13 Å². The number of hydrogen-bond donors (Lipinski definition) is 0. The average Bonchev–Trinajstić information content (AvgIpc) is 2.86. The van der Waals surface area contributed by atoms with Gasteiger partial charge in [0.2, 0.25) is 0 Å². The first-order valence-electron chi connectivity index (χ1n) is 5.08. The van der Waals surface area contributed by atoms with Crippen LogP contribution in [0.15, 0.2) is 5.38 Å². The molecule has 1 fully saturated rings. The fourth-order valence-corrected chi connectivity index (χ4v) is 3.21. The number of aryl methyl sites for hydroxylation is 1. The predicted molar refractivity (Wildman–Crippen MR) is 65.6 cm³/mol. The van der Waals surface area contributed by atoms with Gasteiger partial charge in [-0.1, -0.05) is 22.9 Å². The normalized spacial score (nSPS) is 21.9. The minimum Gasteiger partial charge on any atom is -0.348 e. The molecule has 1 aromatic heterocycles. The Morgan fingerprint density at radius 3 is 3.14 bits per heavy atom. The van der Waals surface area contributed by atoms with Crippen molar-refractivity contribution in [2.75, 3.05) is 23.3 Å². The van der Waals surface area contributed by atoms with Crippen LogP contribution in [0.2, 0.25) is 0 Å².